The fourth-order valence-electron chi connectivity index (χ4n) is 1.79. The Morgan fingerprint density at radius 1 is 1.24 bits per heavy atom. The molecule has 0 aliphatic rings. The van der Waals surface area contributed by atoms with Gasteiger partial charge in [-0.25, -0.2) is 4.39 Å². The molecular formula is C15H11FN2O3. The van der Waals surface area contributed by atoms with Gasteiger partial charge in [0.2, 0.25) is 0 Å². The molecule has 0 bridgehead atoms. The van der Waals surface area contributed by atoms with E-state index in [2.05, 4.69) is 5.32 Å². The van der Waals surface area contributed by atoms with Gasteiger partial charge in [0, 0.05) is 12.1 Å². The van der Waals surface area contributed by atoms with Crippen LogP contribution < -0.4 is 5.32 Å². The second-order valence-electron chi connectivity index (χ2n) is 4.27. The maximum absolute atomic E-state index is 13.6. The number of phenolic OH excluding ortho intramolecular Hbond substituents is 2. The minimum absolute atomic E-state index is 0.135. The minimum atomic E-state index is -0.727. The molecule has 106 valence electrons. The van der Waals surface area contributed by atoms with Crippen molar-refractivity contribution >= 4 is 5.91 Å². The van der Waals surface area contributed by atoms with Gasteiger partial charge in [-0.05, 0) is 24.3 Å². The highest BCUT2D eigenvalue weighted by atomic mass is 19.1. The molecule has 2 aromatic rings. The molecule has 0 saturated heterocycles. The molecule has 0 heterocycles. The lowest BCUT2D eigenvalue weighted by molar-refractivity contribution is 0.0945. The number of benzene rings is 2. The van der Waals surface area contributed by atoms with Gasteiger partial charge in [-0.15, -0.1) is 0 Å². The number of nitrogens with one attached hydrogen (secondary N) is 1. The number of phenols is 2. The van der Waals surface area contributed by atoms with Crippen LogP contribution in [0.5, 0.6) is 11.5 Å². The molecule has 0 fully saturated rings. The monoisotopic (exact) mass is 286 g/mol. The Morgan fingerprint density at radius 2 is 1.90 bits per heavy atom. The Hall–Kier alpha value is -3.07. The molecule has 0 atom stereocenters. The van der Waals surface area contributed by atoms with Crippen LogP contribution in [0.3, 0.4) is 0 Å². The van der Waals surface area contributed by atoms with E-state index in [-0.39, 0.29) is 34.7 Å². The molecule has 0 unspecified atom stereocenters. The SMILES string of the molecule is N#Cc1ccc(CNC(=O)c2c(O)cccc2O)c(F)c1. The minimum Gasteiger partial charge on any atom is -0.507 e. The van der Waals surface area contributed by atoms with Crippen molar-refractivity contribution in [2.75, 3.05) is 0 Å². The number of rotatable bonds is 3. The van der Waals surface area contributed by atoms with Gasteiger partial charge >= 0.3 is 0 Å². The lowest BCUT2D eigenvalue weighted by Crippen LogP contribution is -2.23. The summed E-state index contributed by atoms with van der Waals surface area (Å²) >= 11 is 0. The summed E-state index contributed by atoms with van der Waals surface area (Å²) in [5, 5.41) is 30.1. The predicted molar refractivity (Wildman–Crippen MR) is 72.1 cm³/mol. The third kappa shape index (κ3) is 3.09. The number of carbonyl (C=O) groups excluding carboxylic acids is 1. The lowest BCUT2D eigenvalue weighted by Gasteiger charge is -2.09. The van der Waals surface area contributed by atoms with Crippen LogP contribution in [0, 0.1) is 17.1 Å². The van der Waals surface area contributed by atoms with Crippen molar-refractivity contribution in [3.63, 3.8) is 0 Å². The second-order valence-corrected chi connectivity index (χ2v) is 4.27. The largest absolute Gasteiger partial charge is 0.507 e. The van der Waals surface area contributed by atoms with E-state index in [1.54, 1.807) is 0 Å². The summed E-state index contributed by atoms with van der Waals surface area (Å²) in [4.78, 5) is 11.9. The standard InChI is InChI=1S/C15H11FN2O3/c16-11-6-9(7-17)4-5-10(11)8-18-15(21)14-12(19)2-1-3-13(14)20/h1-6,19-20H,8H2,(H,18,21). The fourth-order valence-corrected chi connectivity index (χ4v) is 1.79. The highest BCUT2D eigenvalue weighted by Gasteiger charge is 2.16. The lowest BCUT2D eigenvalue weighted by atomic mass is 10.1. The van der Waals surface area contributed by atoms with Crippen molar-refractivity contribution in [3.8, 4) is 17.6 Å². The topological polar surface area (TPSA) is 93.4 Å². The van der Waals surface area contributed by atoms with Crippen molar-refractivity contribution < 1.29 is 19.4 Å². The number of nitrogens with zero attached hydrogens (tertiary/aromatic N) is 1. The summed E-state index contributed by atoms with van der Waals surface area (Å²) in [5.74, 6) is -2.08. The van der Waals surface area contributed by atoms with Crippen molar-refractivity contribution in [2.45, 2.75) is 6.54 Å². The average molecular weight is 286 g/mol. The van der Waals surface area contributed by atoms with Gasteiger partial charge < -0.3 is 15.5 Å². The summed E-state index contributed by atoms with van der Waals surface area (Å²) in [5.41, 5.74) is 0.102. The molecule has 2 rings (SSSR count). The van der Waals surface area contributed by atoms with E-state index < -0.39 is 11.7 Å². The maximum atomic E-state index is 13.6. The van der Waals surface area contributed by atoms with E-state index in [1.807, 2.05) is 6.07 Å². The van der Waals surface area contributed by atoms with E-state index in [0.29, 0.717) is 0 Å². The zero-order valence-corrected chi connectivity index (χ0v) is 10.8. The molecule has 21 heavy (non-hydrogen) atoms. The number of aromatic hydroxyl groups is 2. The van der Waals surface area contributed by atoms with Crippen molar-refractivity contribution in [1.29, 1.82) is 5.26 Å². The van der Waals surface area contributed by atoms with Crippen LogP contribution in [0.1, 0.15) is 21.5 Å². The van der Waals surface area contributed by atoms with Crippen LogP contribution in [0.4, 0.5) is 4.39 Å². The molecular weight excluding hydrogens is 275 g/mol. The molecule has 0 saturated carbocycles. The summed E-state index contributed by atoms with van der Waals surface area (Å²) in [6.07, 6.45) is 0. The van der Waals surface area contributed by atoms with Gasteiger partial charge in [0.15, 0.2) is 0 Å². The van der Waals surface area contributed by atoms with Crippen LogP contribution in [0.2, 0.25) is 0 Å². The Bertz CT molecular complexity index is 718. The first-order chi connectivity index (χ1) is 10.0. The summed E-state index contributed by atoms with van der Waals surface area (Å²) in [6, 6.07) is 9.61. The first kappa shape index (κ1) is 14.3. The summed E-state index contributed by atoms with van der Waals surface area (Å²) in [7, 11) is 0. The fraction of sp³-hybridized carbons (Fsp3) is 0.0667. The Kier molecular flexibility index (Phi) is 4.05. The highest BCUT2D eigenvalue weighted by molar-refractivity contribution is 5.99. The van der Waals surface area contributed by atoms with Crippen LogP contribution in [-0.4, -0.2) is 16.1 Å². The molecule has 6 heteroatoms. The number of hydrogen-bond donors (Lipinski definition) is 3. The van der Waals surface area contributed by atoms with Gasteiger partial charge in [-0.1, -0.05) is 12.1 Å². The van der Waals surface area contributed by atoms with Crippen LogP contribution >= 0.6 is 0 Å². The Morgan fingerprint density at radius 3 is 2.48 bits per heavy atom. The van der Waals surface area contributed by atoms with E-state index in [1.165, 1.54) is 30.3 Å². The molecule has 5 nitrogen and oxygen atoms in total. The first-order valence-electron chi connectivity index (χ1n) is 6.00. The second kappa shape index (κ2) is 5.92. The normalized spacial score (nSPS) is 9.90. The van der Waals surface area contributed by atoms with Crippen LogP contribution in [-0.2, 0) is 6.54 Å². The van der Waals surface area contributed by atoms with Crippen molar-refractivity contribution in [3.05, 3.63) is 58.9 Å². The third-order valence-corrected chi connectivity index (χ3v) is 2.87. The highest BCUT2D eigenvalue weighted by Crippen LogP contribution is 2.26. The Labute approximate surface area is 119 Å². The first-order valence-corrected chi connectivity index (χ1v) is 6.00. The summed E-state index contributed by atoms with van der Waals surface area (Å²) in [6.45, 7) is -0.135. The molecule has 0 aliphatic heterocycles. The molecule has 0 spiro atoms. The van der Waals surface area contributed by atoms with Crippen LogP contribution in [0.15, 0.2) is 36.4 Å². The summed E-state index contributed by atoms with van der Waals surface area (Å²) < 4.78 is 13.6. The van der Waals surface area contributed by atoms with Gasteiger partial charge in [-0.2, -0.15) is 5.26 Å². The molecule has 0 radical (unpaired) electrons. The van der Waals surface area contributed by atoms with Crippen LogP contribution in [0.25, 0.3) is 0 Å². The maximum Gasteiger partial charge on any atom is 0.259 e. The molecule has 1 amide bonds. The number of carbonyl (C=O) groups is 1. The zero-order chi connectivity index (χ0) is 15.4. The van der Waals surface area contributed by atoms with Crippen molar-refractivity contribution in [2.24, 2.45) is 0 Å². The molecule has 2 aromatic carbocycles. The number of amides is 1. The smallest absolute Gasteiger partial charge is 0.259 e. The van der Waals surface area contributed by atoms with Crippen molar-refractivity contribution in [1.82, 2.24) is 5.32 Å². The van der Waals surface area contributed by atoms with E-state index in [0.717, 1.165) is 6.07 Å². The molecule has 0 aliphatic carbocycles. The zero-order valence-electron chi connectivity index (χ0n) is 10.8. The Balaban J connectivity index is 2.13. The van der Waals surface area contributed by atoms with Gasteiger partial charge in [0.05, 0.1) is 11.6 Å². The van der Waals surface area contributed by atoms with Gasteiger partial charge in [-0.3, -0.25) is 4.79 Å². The predicted octanol–water partition coefficient (Wildman–Crippen LogP) is 2.04. The number of hydrogen-bond acceptors (Lipinski definition) is 4. The van der Waals surface area contributed by atoms with E-state index in [4.69, 9.17) is 5.26 Å². The number of halogens is 1. The quantitative estimate of drug-likeness (QED) is 0.805. The number of nitriles is 1. The van der Waals surface area contributed by atoms with E-state index >= 15 is 0 Å². The molecule has 0 aromatic heterocycles. The van der Waals surface area contributed by atoms with Gasteiger partial charge in [0.1, 0.15) is 22.9 Å². The van der Waals surface area contributed by atoms with Gasteiger partial charge in [0.25, 0.3) is 5.91 Å². The third-order valence-electron chi connectivity index (χ3n) is 2.87. The van der Waals surface area contributed by atoms with E-state index in [9.17, 15) is 19.4 Å². The molecule has 3 N–H and O–H groups in total. The average Bonchev–Trinajstić information content (AvgIpc) is 2.45.